The molecule has 3 fully saturated rings. The SMILES string of the molecule is CCc1cncc(C2=CCC3C4CCC5OCCCC5(C)C4CCC23C)n1. The Hall–Kier alpha value is -1.22. The van der Waals surface area contributed by atoms with Crippen molar-refractivity contribution in [2.24, 2.45) is 28.6 Å². The number of nitrogens with zero attached hydrogens (tertiary/aromatic N) is 2. The van der Waals surface area contributed by atoms with Crippen molar-refractivity contribution >= 4 is 5.57 Å². The lowest BCUT2D eigenvalue weighted by Crippen LogP contribution is -2.55. The molecule has 1 aromatic heterocycles. The minimum absolute atomic E-state index is 0.279. The lowest BCUT2D eigenvalue weighted by molar-refractivity contribution is -0.168. The molecular formula is C24H34N2O. The summed E-state index contributed by atoms with van der Waals surface area (Å²) in [6.45, 7) is 8.23. The van der Waals surface area contributed by atoms with Crippen molar-refractivity contribution in [2.75, 3.05) is 6.61 Å². The van der Waals surface area contributed by atoms with Gasteiger partial charge < -0.3 is 4.74 Å². The lowest BCUT2D eigenvalue weighted by atomic mass is 9.47. The van der Waals surface area contributed by atoms with Gasteiger partial charge in [0.25, 0.3) is 0 Å². The summed E-state index contributed by atoms with van der Waals surface area (Å²) >= 11 is 0. The summed E-state index contributed by atoms with van der Waals surface area (Å²) in [5.41, 5.74) is 4.43. The molecule has 2 saturated carbocycles. The number of aryl methyl sites for hydroxylation is 1. The second-order valence-corrected chi connectivity index (χ2v) is 9.98. The quantitative estimate of drug-likeness (QED) is 0.698. The molecule has 0 bridgehead atoms. The van der Waals surface area contributed by atoms with Gasteiger partial charge in [0.05, 0.1) is 23.7 Å². The first kappa shape index (κ1) is 17.8. The highest BCUT2D eigenvalue weighted by Gasteiger charge is 2.58. The number of hydrogen-bond donors (Lipinski definition) is 0. The summed E-state index contributed by atoms with van der Waals surface area (Å²) in [5, 5.41) is 0. The van der Waals surface area contributed by atoms with Crippen LogP contribution in [0.25, 0.3) is 5.57 Å². The lowest BCUT2D eigenvalue weighted by Gasteiger charge is -2.59. The first-order chi connectivity index (χ1) is 13.1. The number of rotatable bonds is 2. The third-order valence-electron chi connectivity index (χ3n) is 8.86. The van der Waals surface area contributed by atoms with Crippen LogP contribution < -0.4 is 0 Å². The fourth-order valence-corrected chi connectivity index (χ4v) is 7.39. The predicted molar refractivity (Wildman–Crippen MR) is 108 cm³/mol. The van der Waals surface area contributed by atoms with E-state index in [4.69, 9.17) is 9.72 Å². The van der Waals surface area contributed by atoms with Crippen LogP contribution in [-0.2, 0) is 11.2 Å². The van der Waals surface area contributed by atoms with Gasteiger partial charge in [-0.15, -0.1) is 0 Å². The van der Waals surface area contributed by atoms with Crippen molar-refractivity contribution in [3.8, 4) is 0 Å². The van der Waals surface area contributed by atoms with Crippen LogP contribution in [0.5, 0.6) is 0 Å². The van der Waals surface area contributed by atoms with Gasteiger partial charge in [0.15, 0.2) is 0 Å². The Morgan fingerprint density at radius 1 is 1.11 bits per heavy atom. The summed E-state index contributed by atoms with van der Waals surface area (Å²) in [7, 11) is 0. The highest BCUT2D eigenvalue weighted by atomic mass is 16.5. The fourth-order valence-electron chi connectivity index (χ4n) is 7.39. The largest absolute Gasteiger partial charge is 0.378 e. The van der Waals surface area contributed by atoms with Gasteiger partial charge in [0, 0.05) is 12.8 Å². The van der Waals surface area contributed by atoms with Gasteiger partial charge in [-0.3, -0.25) is 4.98 Å². The highest BCUT2D eigenvalue weighted by Crippen LogP contribution is 2.65. The summed E-state index contributed by atoms with van der Waals surface area (Å²) < 4.78 is 6.26. The summed E-state index contributed by atoms with van der Waals surface area (Å²) in [5.74, 6) is 2.47. The van der Waals surface area contributed by atoms with E-state index in [2.05, 4.69) is 31.8 Å². The highest BCUT2D eigenvalue weighted by molar-refractivity contribution is 5.70. The molecule has 3 heteroatoms. The van der Waals surface area contributed by atoms with Crippen molar-refractivity contribution in [3.63, 3.8) is 0 Å². The molecule has 2 heterocycles. The van der Waals surface area contributed by atoms with E-state index in [-0.39, 0.29) is 5.41 Å². The first-order valence-corrected chi connectivity index (χ1v) is 11.2. The van der Waals surface area contributed by atoms with Crippen molar-refractivity contribution < 1.29 is 4.74 Å². The smallest absolute Gasteiger partial charge is 0.0850 e. The van der Waals surface area contributed by atoms with Gasteiger partial charge in [-0.2, -0.15) is 0 Å². The van der Waals surface area contributed by atoms with Gasteiger partial charge in [-0.1, -0.05) is 26.8 Å². The number of fused-ring (bicyclic) bond motifs is 5. The molecule has 0 amide bonds. The molecule has 1 saturated heterocycles. The van der Waals surface area contributed by atoms with Crippen LogP contribution in [-0.4, -0.2) is 22.7 Å². The maximum Gasteiger partial charge on any atom is 0.0850 e. The van der Waals surface area contributed by atoms with E-state index in [1.807, 2.05) is 12.4 Å². The normalized spacial score (nSPS) is 43.4. The molecule has 6 unspecified atom stereocenters. The Morgan fingerprint density at radius 3 is 2.85 bits per heavy atom. The molecule has 27 heavy (non-hydrogen) atoms. The first-order valence-electron chi connectivity index (χ1n) is 11.2. The molecule has 1 aliphatic heterocycles. The van der Waals surface area contributed by atoms with E-state index in [1.165, 1.54) is 50.5 Å². The van der Waals surface area contributed by atoms with E-state index >= 15 is 0 Å². The second-order valence-electron chi connectivity index (χ2n) is 9.98. The summed E-state index contributed by atoms with van der Waals surface area (Å²) in [6.07, 6.45) is 17.0. The zero-order valence-corrected chi connectivity index (χ0v) is 17.2. The van der Waals surface area contributed by atoms with E-state index in [1.54, 1.807) is 0 Å². The van der Waals surface area contributed by atoms with E-state index in [9.17, 15) is 0 Å². The summed E-state index contributed by atoms with van der Waals surface area (Å²) in [6, 6.07) is 0. The maximum atomic E-state index is 6.26. The average molecular weight is 367 g/mol. The van der Waals surface area contributed by atoms with Crippen molar-refractivity contribution in [1.29, 1.82) is 0 Å². The fraction of sp³-hybridized carbons (Fsp3) is 0.750. The minimum Gasteiger partial charge on any atom is -0.378 e. The van der Waals surface area contributed by atoms with E-state index in [0.29, 0.717) is 11.5 Å². The molecule has 146 valence electrons. The molecular weight excluding hydrogens is 332 g/mol. The van der Waals surface area contributed by atoms with Crippen molar-refractivity contribution in [1.82, 2.24) is 9.97 Å². The van der Waals surface area contributed by atoms with Crippen LogP contribution in [0.4, 0.5) is 0 Å². The molecule has 3 nitrogen and oxygen atoms in total. The van der Waals surface area contributed by atoms with Crippen LogP contribution in [0, 0.1) is 28.6 Å². The van der Waals surface area contributed by atoms with Crippen LogP contribution >= 0.6 is 0 Å². The second kappa shape index (κ2) is 6.40. The van der Waals surface area contributed by atoms with Gasteiger partial charge in [-0.05, 0) is 85.5 Å². The Kier molecular flexibility index (Phi) is 4.23. The number of aromatic nitrogens is 2. The number of allylic oxidation sites excluding steroid dienone is 2. The molecule has 5 rings (SSSR count). The Bertz CT molecular complexity index is 759. The standard InChI is InChI=1S/C24H34N2O/c1-4-16-14-25-15-21(26-16)20-8-7-18-17-6-9-22-24(3,11-5-13-27-22)19(17)10-12-23(18,20)2/h8,14-15,17-19,22H,4-7,9-13H2,1-3H3. The van der Waals surface area contributed by atoms with Crippen LogP contribution in [0.1, 0.15) is 77.1 Å². The topological polar surface area (TPSA) is 35.0 Å². The van der Waals surface area contributed by atoms with Gasteiger partial charge in [-0.25, -0.2) is 4.98 Å². The predicted octanol–water partition coefficient (Wildman–Crippen LogP) is 5.45. The van der Waals surface area contributed by atoms with Gasteiger partial charge in [0.1, 0.15) is 0 Å². The Morgan fingerprint density at radius 2 is 2.00 bits per heavy atom. The monoisotopic (exact) mass is 366 g/mol. The van der Waals surface area contributed by atoms with Crippen molar-refractivity contribution in [3.05, 3.63) is 29.9 Å². The molecule has 0 aromatic carbocycles. The third kappa shape index (κ3) is 2.57. The van der Waals surface area contributed by atoms with Crippen LogP contribution in [0.3, 0.4) is 0 Å². The molecule has 1 aromatic rings. The Balaban J connectivity index is 1.45. The van der Waals surface area contributed by atoms with E-state index < -0.39 is 0 Å². The molecule has 0 N–H and O–H groups in total. The molecule has 0 radical (unpaired) electrons. The van der Waals surface area contributed by atoms with Crippen LogP contribution in [0.15, 0.2) is 18.5 Å². The zero-order valence-electron chi connectivity index (χ0n) is 17.2. The number of ether oxygens (including phenoxy) is 1. The average Bonchev–Trinajstić information content (AvgIpc) is 3.05. The molecule has 6 atom stereocenters. The maximum absolute atomic E-state index is 6.26. The van der Waals surface area contributed by atoms with Crippen molar-refractivity contribution in [2.45, 2.75) is 78.2 Å². The van der Waals surface area contributed by atoms with Gasteiger partial charge in [0.2, 0.25) is 0 Å². The zero-order chi connectivity index (χ0) is 18.6. The van der Waals surface area contributed by atoms with Crippen LogP contribution in [0.2, 0.25) is 0 Å². The molecule has 0 spiro atoms. The molecule has 4 aliphatic rings. The minimum atomic E-state index is 0.279. The summed E-state index contributed by atoms with van der Waals surface area (Å²) in [4.78, 5) is 9.44. The third-order valence-corrected chi connectivity index (χ3v) is 8.86. The Labute approximate surface area is 164 Å². The van der Waals surface area contributed by atoms with Gasteiger partial charge >= 0.3 is 0 Å². The number of hydrogen-bond acceptors (Lipinski definition) is 3. The van der Waals surface area contributed by atoms with E-state index in [0.717, 1.165) is 42.2 Å². The molecule has 3 aliphatic carbocycles.